The van der Waals surface area contributed by atoms with E-state index in [4.69, 9.17) is 0 Å². The van der Waals surface area contributed by atoms with E-state index in [-0.39, 0.29) is 11.5 Å². The molecule has 0 saturated carbocycles. The largest absolute Gasteiger partial charge is 0.464 e. The highest BCUT2D eigenvalue weighted by Crippen LogP contribution is 2.34. The molecule has 0 fully saturated rings. The molecule has 17 heavy (non-hydrogen) atoms. The number of rotatable bonds is 2. The van der Waals surface area contributed by atoms with Crippen LogP contribution in [0.4, 0.5) is 0 Å². The molecular weight excluding hydrogens is 238 g/mol. The van der Waals surface area contributed by atoms with Crippen molar-refractivity contribution < 1.29 is 14.3 Å². The molecule has 0 aliphatic heterocycles. The minimum atomic E-state index is -0.504. The maximum Gasteiger partial charge on any atom is 0.355 e. The number of H-pyrrole nitrogens is 1. The quantitative estimate of drug-likeness (QED) is 0.659. The SMILES string of the molecule is COC(=O)c1[nH]c2c(C)c(C)sc2c1C(C)=O. The monoisotopic (exact) mass is 251 g/mol. The van der Waals surface area contributed by atoms with Gasteiger partial charge in [-0.25, -0.2) is 4.79 Å². The van der Waals surface area contributed by atoms with Gasteiger partial charge >= 0.3 is 5.97 Å². The van der Waals surface area contributed by atoms with Crippen molar-refractivity contribution in [3.05, 3.63) is 21.7 Å². The first-order valence-electron chi connectivity index (χ1n) is 5.18. The summed E-state index contributed by atoms with van der Waals surface area (Å²) in [5, 5.41) is 0. The lowest BCUT2D eigenvalue weighted by Gasteiger charge is -1.98. The van der Waals surface area contributed by atoms with Crippen LogP contribution in [0.15, 0.2) is 0 Å². The Morgan fingerprint density at radius 1 is 1.29 bits per heavy atom. The molecular formula is C12H13NO3S. The zero-order valence-corrected chi connectivity index (χ0v) is 10.9. The molecule has 0 amide bonds. The van der Waals surface area contributed by atoms with Crippen LogP contribution in [-0.4, -0.2) is 23.8 Å². The molecule has 2 aromatic rings. The van der Waals surface area contributed by atoms with E-state index in [0.717, 1.165) is 20.7 Å². The number of carbonyl (C=O) groups is 2. The van der Waals surface area contributed by atoms with Crippen molar-refractivity contribution in [3.63, 3.8) is 0 Å². The smallest absolute Gasteiger partial charge is 0.355 e. The summed E-state index contributed by atoms with van der Waals surface area (Å²) >= 11 is 1.52. The number of ketones is 1. The number of ether oxygens (including phenoxy) is 1. The second-order valence-electron chi connectivity index (χ2n) is 3.91. The molecule has 2 heterocycles. The number of thiophene rings is 1. The number of aryl methyl sites for hydroxylation is 2. The molecule has 0 spiro atoms. The number of carbonyl (C=O) groups excluding carboxylic acids is 2. The van der Waals surface area contributed by atoms with Crippen LogP contribution in [0.3, 0.4) is 0 Å². The second kappa shape index (κ2) is 4.00. The van der Waals surface area contributed by atoms with Crippen LogP contribution in [0.25, 0.3) is 10.2 Å². The normalized spacial score (nSPS) is 10.8. The third-order valence-electron chi connectivity index (χ3n) is 2.85. The standard InChI is InChI=1S/C12H13NO3S/c1-5-7(3)17-11-8(6(2)14)10(12(15)16-4)13-9(5)11/h13H,1-4H3. The molecule has 0 unspecified atom stereocenters. The third-order valence-corrected chi connectivity index (χ3v) is 4.08. The number of esters is 1. The van der Waals surface area contributed by atoms with Crippen LogP contribution in [-0.2, 0) is 4.74 Å². The van der Waals surface area contributed by atoms with Crippen LogP contribution < -0.4 is 0 Å². The fraction of sp³-hybridized carbons (Fsp3) is 0.333. The van der Waals surface area contributed by atoms with Gasteiger partial charge in [-0.05, 0) is 26.3 Å². The summed E-state index contributed by atoms with van der Waals surface area (Å²) in [7, 11) is 1.30. The summed E-state index contributed by atoms with van der Waals surface area (Å²) in [5.41, 5.74) is 2.62. The van der Waals surface area contributed by atoms with Crippen molar-refractivity contribution in [2.45, 2.75) is 20.8 Å². The second-order valence-corrected chi connectivity index (χ2v) is 5.13. The number of Topliss-reactive ketones (excluding diaryl/α,β-unsaturated/α-hetero) is 1. The summed E-state index contributed by atoms with van der Waals surface area (Å²) in [4.78, 5) is 27.4. The molecule has 0 atom stereocenters. The van der Waals surface area contributed by atoms with Crippen molar-refractivity contribution in [1.82, 2.24) is 4.98 Å². The fourth-order valence-corrected chi connectivity index (χ4v) is 3.06. The molecule has 1 N–H and O–H groups in total. The Labute approximate surface area is 103 Å². The van der Waals surface area contributed by atoms with E-state index in [2.05, 4.69) is 9.72 Å². The Kier molecular flexibility index (Phi) is 2.79. The molecule has 0 saturated heterocycles. The molecule has 4 nitrogen and oxygen atoms in total. The Morgan fingerprint density at radius 3 is 2.47 bits per heavy atom. The molecule has 0 radical (unpaired) electrons. The van der Waals surface area contributed by atoms with Gasteiger partial charge in [-0.1, -0.05) is 0 Å². The molecule has 0 aliphatic rings. The van der Waals surface area contributed by atoms with Crippen LogP contribution in [0.2, 0.25) is 0 Å². The third kappa shape index (κ3) is 1.67. The van der Waals surface area contributed by atoms with Gasteiger partial charge in [-0.2, -0.15) is 0 Å². The number of hydrogen-bond acceptors (Lipinski definition) is 4. The van der Waals surface area contributed by atoms with Gasteiger partial charge in [-0.3, -0.25) is 4.79 Å². The van der Waals surface area contributed by atoms with Crippen LogP contribution in [0.1, 0.15) is 38.2 Å². The van der Waals surface area contributed by atoms with Gasteiger partial charge in [0.15, 0.2) is 5.78 Å². The van der Waals surface area contributed by atoms with E-state index in [9.17, 15) is 9.59 Å². The van der Waals surface area contributed by atoms with Crippen molar-refractivity contribution >= 4 is 33.3 Å². The molecule has 90 valence electrons. The predicted molar refractivity (Wildman–Crippen MR) is 67.0 cm³/mol. The minimum absolute atomic E-state index is 0.127. The van der Waals surface area contributed by atoms with Crippen molar-refractivity contribution in [2.75, 3.05) is 7.11 Å². The first kappa shape index (κ1) is 11.9. The van der Waals surface area contributed by atoms with Crippen molar-refractivity contribution in [2.24, 2.45) is 0 Å². The van der Waals surface area contributed by atoms with E-state index in [1.165, 1.54) is 25.4 Å². The molecule has 0 aliphatic carbocycles. The number of hydrogen-bond donors (Lipinski definition) is 1. The summed E-state index contributed by atoms with van der Waals surface area (Å²) in [6, 6.07) is 0. The van der Waals surface area contributed by atoms with E-state index >= 15 is 0 Å². The van der Waals surface area contributed by atoms with Gasteiger partial charge in [0.25, 0.3) is 0 Å². The van der Waals surface area contributed by atoms with E-state index < -0.39 is 5.97 Å². The van der Waals surface area contributed by atoms with Gasteiger partial charge in [0, 0.05) is 4.88 Å². The van der Waals surface area contributed by atoms with Gasteiger partial charge in [0.1, 0.15) is 5.69 Å². The molecule has 2 aromatic heterocycles. The summed E-state index contributed by atoms with van der Waals surface area (Å²) in [6.45, 7) is 5.42. The summed E-state index contributed by atoms with van der Waals surface area (Å²) < 4.78 is 5.52. The van der Waals surface area contributed by atoms with E-state index in [1.807, 2.05) is 13.8 Å². The van der Waals surface area contributed by atoms with E-state index in [0.29, 0.717) is 5.56 Å². The zero-order valence-electron chi connectivity index (χ0n) is 10.1. The van der Waals surface area contributed by atoms with Crippen molar-refractivity contribution in [1.29, 1.82) is 0 Å². The van der Waals surface area contributed by atoms with Gasteiger partial charge in [0.2, 0.25) is 0 Å². The highest BCUT2D eigenvalue weighted by Gasteiger charge is 2.24. The lowest BCUT2D eigenvalue weighted by Crippen LogP contribution is -2.07. The maximum absolute atomic E-state index is 11.7. The van der Waals surface area contributed by atoms with Crippen LogP contribution in [0, 0.1) is 13.8 Å². The van der Waals surface area contributed by atoms with Gasteiger partial charge in [0.05, 0.1) is 22.9 Å². The number of nitrogens with one attached hydrogen (secondary N) is 1. The summed E-state index contributed by atoms with van der Waals surface area (Å²) in [6.07, 6.45) is 0. The summed E-state index contributed by atoms with van der Waals surface area (Å²) in [5.74, 6) is -0.631. The molecule has 0 bridgehead atoms. The Hall–Kier alpha value is -1.62. The van der Waals surface area contributed by atoms with Crippen LogP contribution >= 0.6 is 11.3 Å². The average molecular weight is 251 g/mol. The van der Waals surface area contributed by atoms with E-state index in [1.54, 1.807) is 0 Å². The first-order chi connectivity index (χ1) is 7.97. The maximum atomic E-state index is 11.7. The lowest BCUT2D eigenvalue weighted by molar-refractivity contribution is 0.0591. The number of methoxy groups -OCH3 is 1. The first-order valence-corrected chi connectivity index (χ1v) is 6.00. The van der Waals surface area contributed by atoms with Crippen molar-refractivity contribution in [3.8, 4) is 0 Å². The number of aromatic amines is 1. The Balaban J connectivity index is 2.82. The topological polar surface area (TPSA) is 59.2 Å². The highest BCUT2D eigenvalue weighted by molar-refractivity contribution is 7.19. The predicted octanol–water partition coefficient (Wildman–Crippen LogP) is 2.84. The molecule has 0 aromatic carbocycles. The average Bonchev–Trinajstić information content (AvgIpc) is 2.76. The number of aromatic nitrogens is 1. The molecule has 5 heteroatoms. The van der Waals surface area contributed by atoms with Crippen LogP contribution in [0.5, 0.6) is 0 Å². The van der Waals surface area contributed by atoms with Gasteiger partial charge in [-0.15, -0.1) is 11.3 Å². The lowest BCUT2D eigenvalue weighted by atomic mass is 10.1. The Bertz CT molecular complexity index is 621. The molecule has 2 rings (SSSR count). The number of fused-ring (bicyclic) bond motifs is 1. The Morgan fingerprint density at radius 2 is 1.94 bits per heavy atom. The van der Waals surface area contributed by atoms with Gasteiger partial charge < -0.3 is 9.72 Å². The zero-order chi connectivity index (χ0) is 12.7. The minimum Gasteiger partial charge on any atom is -0.464 e. The fourth-order valence-electron chi connectivity index (χ4n) is 1.85. The highest BCUT2D eigenvalue weighted by atomic mass is 32.1.